The minimum atomic E-state index is -0.147. The smallest absolute Gasteiger partial charge is 0.260 e. The second kappa shape index (κ2) is 3.99. The average molecular weight is 338 g/mol. The summed E-state index contributed by atoms with van der Waals surface area (Å²) in [4.78, 5) is 19.1. The van der Waals surface area contributed by atoms with Gasteiger partial charge in [-0.25, -0.2) is 4.98 Å². The van der Waals surface area contributed by atoms with Crippen molar-refractivity contribution in [3.05, 3.63) is 50.5 Å². The third-order valence-corrected chi connectivity index (χ3v) is 3.34. The van der Waals surface area contributed by atoms with Crippen LogP contribution >= 0.6 is 22.6 Å². The summed E-state index contributed by atoms with van der Waals surface area (Å²) in [5, 5.41) is 0.614. The van der Waals surface area contributed by atoms with E-state index in [0.717, 1.165) is 3.57 Å². The Morgan fingerprint density at radius 2 is 2.12 bits per heavy atom. The fraction of sp³-hybridized carbons (Fsp3) is 0. The quantitative estimate of drug-likeness (QED) is 0.694. The van der Waals surface area contributed by atoms with E-state index in [1.165, 1.54) is 0 Å². The molecule has 0 bridgehead atoms. The molecule has 2 aromatic heterocycles. The number of nitrogens with one attached hydrogen (secondary N) is 1. The third-order valence-electron chi connectivity index (χ3n) is 2.44. The van der Waals surface area contributed by atoms with E-state index >= 15 is 0 Å². The largest absolute Gasteiger partial charge is 0.461 e. The molecule has 17 heavy (non-hydrogen) atoms. The molecule has 0 aliphatic rings. The van der Waals surface area contributed by atoms with Crippen LogP contribution in [-0.4, -0.2) is 9.97 Å². The van der Waals surface area contributed by atoms with E-state index in [4.69, 9.17) is 4.42 Å². The number of nitrogens with zero attached hydrogens (tertiary/aromatic N) is 1. The lowest BCUT2D eigenvalue weighted by atomic mass is 10.2. The van der Waals surface area contributed by atoms with Gasteiger partial charge in [-0.1, -0.05) is 6.07 Å². The zero-order chi connectivity index (χ0) is 11.8. The van der Waals surface area contributed by atoms with Gasteiger partial charge in [0.2, 0.25) is 0 Å². The van der Waals surface area contributed by atoms with Crippen molar-refractivity contribution in [3.8, 4) is 11.6 Å². The summed E-state index contributed by atoms with van der Waals surface area (Å²) < 4.78 is 6.11. The molecular formula is C12H7IN2O2. The van der Waals surface area contributed by atoms with Crippen molar-refractivity contribution in [2.45, 2.75) is 0 Å². The summed E-state index contributed by atoms with van der Waals surface area (Å²) in [7, 11) is 0. The van der Waals surface area contributed by atoms with Crippen LogP contribution < -0.4 is 5.56 Å². The van der Waals surface area contributed by atoms with Gasteiger partial charge in [0.1, 0.15) is 0 Å². The van der Waals surface area contributed by atoms with Crippen LogP contribution in [0.2, 0.25) is 0 Å². The van der Waals surface area contributed by atoms with Gasteiger partial charge in [0.05, 0.1) is 17.2 Å². The number of aromatic nitrogens is 2. The van der Waals surface area contributed by atoms with E-state index in [1.807, 2.05) is 18.2 Å². The SMILES string of the molecule is O=c1[nH]c(-c2ccco2)nc2cccc(I)c12. The first-order valence-electron chi connectivity index (χ1n) is 4.98. The Kier molecular flexibility index (Phi) is 2.47. The number of halogens is 1. The second-order valence-corrected chi connectivity index (χ2v) is 4.69. The zero-order valence-electron chi connectivity index (χ0n) is 8.61. The Bertz CT molecular complexity index is 732. The lowest BCUT2D eigenvalue weighted by Crippen LogP contribution is -2.10. The molecule has 0 saturated carbocycles. The number of fused-ring (bicyclic) bond motifs is 1. The highest BCUT2D eigenvalue weighted by Crippen LogP contribution is 2.19. The monoisotopic (exact) mass is 338 g/mol. The lowest BCUT2D eigenvalue weighted by molar-refractivity contribution is 0.577. The summed E-state index contributed by atoms with van der Waals surface area (Å²) in [6.07, 6.45) is 1.55. The fourth-order valence-electron chi connectivity index (χ4n) is 1.68. The Hall–Kier alpha value is -1.63. The van der Waals surface area contributed by atoms with Crippen LogP contribution in [0.5, 0.6) is 0 Å². The molecule has 0 radical (unpaired) electrons. The van der Waals surface area contributed by atoms with Crippen molar-refractivity contribution in [2.24, 2.45) is 0 Å². The Balaban J connectivity index is 2.36. The number of H-pyrrole nitrogens is 1. The molecule has 0 atom stereocenters. The van der Waals surface area contributed by atoms with Crippen molar-refractivity contribution in [3.63, 3.8) is 0 Å². The van der Waals surface area contributed by atoms with E-state index in [-0.39, 0.29) is 5.56 Å². The summed E-state index contributed by atoms with van der Waals surface area (Å²) in [6, 6.07) is 9.10. The maximum atomic E-state index is 12.0. The minimum absolute atomic E-state index is 0.147. The van der Waals surface area contributed by atoms with Gasteiger partial charge in [0, 0.05) is 3.57 Å². The molecule has 2 heterocycles. The Labute approximate surface area is 110 Å². The molecule has 84 valence electrons. The highest BCUT2D eigenvalue weighted by atomic mass is 127. The average Bonchev–Trinajstić information content (AvgIpc) is 2.81. The highest BCUT2D eigenvalue weighted by Gasteiger charge is 2.09. The molecule has 0 spiro atoms. The number of rotatable bonds is 1. The van der Waals surface area contributed by atoms with Crippen LogP contribution in [0.4, 0.5) is 0 Å². The van der Waals surface area contributed by atoms with Crippen molar-refractivity contribution in [1.82, 2.24) is 9.97 Å². The first kappa shape index (κ1) is 10.5. The predicted molar refractivity (Wildman–Crippen MR) is 72.8 cm³/mol. The maximum Gasteiger partial charge on any atom is 0.260 e. The Morgan fingerprint density at radius 3 is 2.88 bits per heavy atom. The van der Waals surface area contributed by atoms with Crippen LogP contribution in [0.25, 0.3) is 22.5 Å². The highest BCUT2D eigenvalue weighted by molar-refractivity contribution is 14.1. The summed E-state index contributed by atoms with van der Waals surface area (Å²) in [5.74, 6) is 1.01. The molecule has 4 nitrogen and oxygen atoms in total. The molecular weight excluding hydrogens is 331 g/mol. The number of furan rings is 1. The van der Waals surface area contributed by atoms with Crippen LogP contribution in [0.1, 0.15) is 0 Å². The number of benzene rings is 1. The molecule has 1 N–H and O–H groups in total. The van der Waals surface area contributed by atoms with Crippen LogP contribution in [0.15, 0.2) is 45.8 Å². The zero-order valence-corrected chi connectivity index (χ0v) is 10.8. The predicted octanol–water partition coefficient (Wildman–Crippen LogP) is 2.79. The molecule has 3 rings (SSSR count). The summed E-state index contributed by atoms with van der Waals surface area (Å²) in [5.41, 5.74) is 0.526. The van der Waals surface area contributed by atoms with Crippen LogP contribution in [-0.2, 0) is 0 Å². The second-order valence-electron chi connectivity index (χ2n) is 3.53. The molecule has 1 aromatic carbocycles. The molecule has 0 aliphatic heterocycles. The van der Waals surface area contributed by atoms with Gasteiger partial charge in [-0.2, -0.15) is 0 Å². The minimum Gasteiger partial charge on any atom is -0.461 e. The molecule has 0 amide bonds. The van der Waals surface area contributed by atoms with Gasteiger partial charge in [-0.3, -0.25) is 4.79 Å². The topological polar surface area (TPSA) is 58.9 Å². The van der Waals surface area contributed by atoms with Crippen molar-refractivity contribution in [1.29, 1.82) is 0 Å². The first-order valence-corrected chi connectivity index (χ1v) is 6.06. The Morgan fingerprint density at radius 1 is 1.24 bits per heavy atom. The van der Waals surface area contributed by atoms with E-state index < -0.39 is 0 Å². The molecule has 0 fully saturated rings. The van der Waals surface area contributed by atoms with Gasteiger partial charge >= 0.3 is 0 Å². The lowest BCUT2D eigenvalue weighted by Gasteiger charge is -2.01. The van der Waals surface area contributed by atoms with E-state index in [9.17, 15) is 4.79 Å². The fourth-order valence-corrected chi connectivity index (χ4v) is 2.41. The van der Waals surface area contributed by atoms with Crippen LogP contribution in [0, 0.1) is 3.57 Å². The first-order chi connectivity index (χ1) is 8.25. The number of aromatic amines is 1. The molecule has 0 aliphatic carbocycles. The standard InChI is InChI=1S/C12H7IN2O2/c13-7-3-1-4-8-10(7)12(16)15-11(14-8)9-5-2-6-17-9/h1-6H,(H,14,15,16). The summed E-state index contributed by atoms with van der Waals surface area (Å²) in [6.45, 7) is 0. The van der Waals surface area contributed by atoms with Crippen molar-refractivity contribution < 1.29 is 4.42 Å². The van der Waals surface area contributed by atoms with Crippen molar-refractivity contribution >= 4 is 33.5 Å². The van der Waals surface area contributed by atoms with E-state index in [2.05, 4.69) is 32.6 Å². The molecule has 3 aromatic rings. The van der Waals surface area contributed by atoms with Crippen LogP contribution in [0.3, 0.4) is 0 Å². The van der Waals surface area contributed by atoms with Gasteiger partial charge in [-0.15, -0.1) is 0 Å². The van der Waals surface area contributed by atoms with Gasteiger partial charge in [0.25, 0.3) is 5.56 Å². The molecule has 5 heteroatoms. The normalized spacial score (nSPS) is 10.9. The van der Waals surface area contributed by atoms with E-state index in [1.54, 1.807) is 18.4 Å². The van der Waals surface area contributed by atoms with Gasteiger partial charge in [0.15, 0.2) is 11.6 Å². The van der Waals surface area contributed by atoms with Gasteiger partial charge < -0.3 is 9.40 Å². The van der Waals surface area contributed by atoms with Gasteiger partial charge in [-0.05, 0) is 46.9 Å². The molecule has 0 saturated heterocycles. The third kappa shape index (κ3) is 1.76. The maximum absolute atomic E-state index is 12.0. The molecule has 0 unspecified atom stereocenters. The van der Waals surface area contributed by atoms with E-state index in [0.29, 0.717) is 22.5 Å². The number of hydrogen-bond acceptors (Lipinski definition) is 3. The summed E-state index contributed by atoms with van der Waals surface area (Å²) >= 11 is 2.13. The van der Waals surface area contributed by atoms with Crippen molar-refractivity contribution in [2.75, 3.05) is 0 Å². The number of hydrogen-bond donors (Lipinski definition) is 1.